The van der Waals surface area contributed by atoms with Crippen molar-refractivity contribution >= 4 is 17.5 Å². The summed E-state index contributed by atoms with van der Waals surface area (Å²) in [6.45, 7) is 2.77. The molecular weight excluding hydrogens is 324 g/mol. The third kappa shape index (κ3) is 5.06. The number of likely N-dealkylation sites (N-methyl/N-ethyl adjacent to an activating group) is 1. The maximum absolute atomic E-state index is 12.1. The highest BCUT2D eigenvalue weighted by Gasteiger charge is 2.29. The molecule has 4 nitrogen and oxygen atoms in total. The van der Waals surface area contributed by atoms with Gasteiger partial charge >= 0.3 is 5.91 Å². The van der Waals surface area contributed by atoms with Crippen LogP contribution >= 0.6 is 11.6 Å². The summed E-state index contributed by atoms with van der Waals surface area (Å²) >= 11 is 5.96. The fraction of sp³-hybridized carbons (Fsp3) is 0.316. The van der Waals surface area contributed by atoms with Crippen LogP contribution in [-0.2, 0) is 17.9 Å². The molecule has 0 aromatic heterocycles. The van der Waals surface area contributed by atoms with Crippen molar-refractivity contribution < 1.29 is 14.0 Å². The molecule has 0 aliphatic carbocycles. The van der Waals surface area contributed by atoms with E-state index in [2.05, 4.69) is 0 Å². The molecule has 0 aliphatic heterocycles. The molecule has 0 spiro atoms. The first-order valence-corrected chi connectivity index (χ1v) is 8.25. The van der Waals surface area contributed by atoms with Gasteiger partial charge in [0.15, 0.2) is 0 Å². The quantitative estimate of drug-likeness (QED) is 0.815. The van der Waals surface area contributed by atoms with Crippen molar-refractivity contribution in [2.24, 2.45) is 5.73 Å². The average molecular weight is 348 g/mol. The summed E-state index contributed by atoms with van der Waals surface area (Å²) in [5.41, 5.74) is 7.79. The van der Waals surface area contributed by atoms with Crippen molar-refractivity contribution in [2.45, 2.75) is 26.1 Å². The first-order valence-electron chi connectivity index (χ1n) is 7.87. The molecule has 2 rings (SSSR count). The van der Waals surface area contributed by atoms with E-state index < -0.39 is 6.04 Å². The summed E-state index contributed by atoms with van der Waals surface area (Å²) in [7, 11) is 3.74. The highest BCUT2D eigenvalue weighted by Crippen LogP contribution is 2.18. The first-order chi connectivity index (χ1) is 11.3. The summed E-state index contributed by atoms with van der Waals surface area (Å²) in [5.74, 6) is 0.791. The fourth-order valence-electron chi connectivity index (χ4n) is 2.57. The number of carbonyl (C=O) groups excluding carboxylic acids is 1. The number of halogens is 1. The predicted molar refractivity (Wildman–Crippen MR) is 96.7 cm³/mol. The van der Waals surface area contributed by atoms with Crippen molar-refractivity contribution in [1.29, 1.82) is 0 Å². The lowest BCUT2D eigenvalue weighted by atomic mass is 10.1. The average Bonchev–Trinajstić information content (AvgIpc) is 2.53. The normalized spacial score (nSPS) is 12.7. The molecule has 1 amide bonds. The number of rotatable bonds is 6. The first kappa shape index (κ1) is 18.5. The number of carbonyl (C=O) groups is 1. The van der Waals surface area contributed by atoms with Crippen LogP contribution in [0.3, 0.4) is 0 Å². The zero-order valence-corrected chi connectivity index (χ0v) is 15.1. The van der Waals surface area contributed by atoms with Gasteiger partial charge in [-0.3, -0.25) is 4.48 Å². The predicted octanol–water partition coefficient (Wildman–Crippen LogP) is 3.37. The van der Waals surface area contributed by atoms with Crippen LogP contribution in [0.5, 0.6) is 5.75 Å². The summed E-state index contributed by atoms with van der Waals surface area (Å²) in [4.78, 5) is 12.1. The van der Waals surface area contributed by atoms with Gasteiger partial charge in [-0.25, -0.2) is 4.79 Å². The molecule has 24 heavy (non-hydrogen) atoms. The Labute approximate surface area is 148 Å². The van der Waals surface area contributed by atoms with Crippen molar-refractivity contribution in [3.8, 4) is 5.75 Å². The molecule has 0 saturated carbocycles. The molecule has 0 fully saturated rings. The number of hydrogen-bond acceptors (Lipinski definition) is 3. The van der Waals surface area contributed by atoms with Gasteiger partial charge in [-0.1, -0.05) is 23.7 Å². The topological polar surface area (TPSA) is 52.3 Å². The van der Waals surface area contributed by atoms with Gasteiger partial charge in [0.1, 0.15) is 24.9 Å². The van der Waals surface area contributed by atoms with Crippen LogP contribution in [0.2, 0.25) is 5.02 Å². The van der Waals surface area contributed by atoms with Gasteiger partial charge in [-0.15, -0.1) is 0 Å². The van der Waals surface area contributed by atoms with Gasteiger partial charge in [-0.05, 0) is 48.9 Å². The van der Waals surface area contributed by atoms with Crippen LogP contribution in [0.25, 0.3) is 0 Å². The SMILES string of the molecule is CC(N)C(=O)[N+](C)(C)Cc1ccc(OCc2cccc(Cl)c2)cc1. The highest BCUT2D eigenvalue weighted by atomic mass is 35.5. The number of nitrogens with zero attached hydrogens (tertiary/aromatic N) is 1. The number of ether oxygens (including phenoxy) is 1. The third-order valence-corrected chi connectivity index (χ3v) is 4.02. The minimum Gasteiger partial charge on any atom is -0.489 e. The second-order valence-corrected chi connectivity index (χ2v) is 6.97. The lowest BCUT2D eigenvalue weighted by molar-refractivity contribution is -0.828. The van der Waals surface area contributed by atoms with Crippen LogP contribution < -0.4 is 10.5 Å². The van der Waals surface area contributed by atoms with Gasteiger partial charge < -0.3 is 10.5 Å². The van der Waals surface area contributed by atoms with Gasteiger partial charge in [0.05, 0.1) is 14.1 Å². The van der Waals surface area contributed by atoms with Crippen LogP contribution in [0.4, 0.5) is 0 Å². The number of amides is 1. The van der Waals surface area contributed by atoms with E-state index in [-0.39, 0.29) is 10.4 Å². The number of nitrogens with two attached hydrogens (primary N) is 1. The Kier molecular flexibility index (Phi) is 5.99. The molecule has 0 saturated heterocycles. The zero-order chi connectivity index (χ0) is 17.7. The second-order valence-electron chi connectivity index (χ2n) is 6.53. The van der Waals surface area contributed by atoms with E-state index >= 15 is 0 Å². The standard InChI is InChI=1S/C19H24ClN2O2/c1-14(21)19(23)22(2,3)12-15-7-9-18(10-8-15)24-13-16-5-4-6-17(20)11-16/h4-11,14H,12-13,21H2,1-3H3/q+1. The van der Waals surface area contributed by atoms with E-state index in [1.54, 1.807) is 6.92 Å². The Hall–Kier alpha value is -1.88. The van der Waals surface area contributed by atoms with Crippen molar-refractivity contribution in [3.05, 3.63) is 64.7 Å². The molecule has 5 heteroatoms. The molecule has 2 aromatic carbocycles. The van der Waals surface area contributed by atoms with E-state index in [9.17, 15) is 4.79 Å². The van der Waals surface area contributed by atoms with Gasteiger partial charge in [0.25, 0.3) is 0 Å². The summed E-state index contributed by atoms with van der Waals surface area (Å²) in [5, 5.41) is 0.699. The summed E-state index contributed by atoms with van der Waals surface area (Å²) in [6, 6.07) is 14.9. The highest BCUT2D eigenvalue weighted by molar-refractivity contribution is 6.30. The molecule has 0 heterocycles. The van der Waals surface area contributed by atoms with Gasteiger partial charge in [0, 0.05) is 10.6 Å². The number of quaternary nitrogens is 1. The Morgan fingerprint density at radius 3 is 2.42 bits per heavy atom. The Balaban J connectivity index is 1.96. The molecule has 2 aromatic rings. The molecule has 2 N–H and O–H groups in total. The molecule has 0 aliphatic rings. The Bertz CT molecular complexity index is 697. The smallest absolute Gasteiger partial charge is 0.330 e. The lowest BCUT2D eigenvalue weighted by Gasteiger charge is -2.28. The Morgan fingerprint density at radius 2 is 1.83 bits per heavy atom. The monoisotopic (exact) mass is 347 g/mol. The second kappa shape index (κ2) is 7.79. The van der Waals surface area contributed by atoms with E-state index in [1.165, 1.54) is 0 Å². The van der Waals surface area contributed by atoms with Gasteiger partial charge in [-0.2, -0.15) is 0 Å². The van der Waals surface area contributed by atoms with E-state index in [0.717, 1.165) is 16.9 Å². The van der Waals surface area contributed by atoms with Gasteiger partial charge in [0.2, 0.25) is 0 Å². The van der Waals surface area contributed by atoms with Crippen molar-refractivity contribution in [2.75, 3.05) is 14.1 Å². The molecule has 0 bridgehead atoms. The van der Waals surface area contributed by atoms with Crippen LogP contribution in [-0.4, -0.2) is 30.5 Å². The van der Waals surface area contributed by atoms with Crippen LogP contribution in [0.15, 0.2) is 48.5 Å². The molecule has 128 valence electrons. The minimum absolute atomic E-state index is 0.0104. The van der Waals surface area contributed by atoms with Crippen molar-refractivity contribution in [3.63, 3.8) is 0 Å². The fourth-order valence-corrected chi connectivity index (χ4v) is 2.78. The van der Waals surface area contributed by atoms with Crippen LogP contribution in [0.1, 0.15) is 18.1 Å². The number of hydrogen-bond donors (Lipinski definition) is 1. The maximum atomic E-state index is 12.1. The minimum atomic E-state index is -0.472. The third-order valence-electron chi connectivity index (χ3n) is 3.78. The van der Waals surface area contributed by atoms with Crippen LogP contribution in [0, 0.1) is 0 Å². The maximum Gasteiger partial charge on any atom is 0.330 e. The van der Waals surface area contributed by atoms with E-state index in [4.69, 9.17) is 22.1 Å². The molecule has 1 unspecified atom stereocenters. The molecule has 0 radical (unpaired) electrons. The van der Waals surface area contributed by atoms with Crippen molar-refractivity contribution in [1.82, 2.24) is 0 Å². The summed E-state index contributed by atoms with van der Waals surface area (Å²) in [6.07, 6.45) is 0. The number of benzene rings is 2. The zero-order valence-electron chi connectivity index (χ0n) is 14.3. The molecular formula is C19H24ClN2O2+. The molecule has 1 atom stereocenters. The lowest BCUT2D eigenvalue weighted by Crippen LogP contribution is -2.51. The van der Waals surface area contributed by atoms with E-state index in [0.29, 0.717) is 18.2 Å². The Morgan fingerprint density at radius 1 is 1.17 bits per heavy atom. The largest absolute Gasteiger partial charge is 0.489 e. The van der Waals surface area contributed by atoms with E-state index in [1.807, 2.05) is 62.6 Å². The summed E-state index contributed by atoms with van der Waals surface area (Å²) < 4.78 is 5.99.